The van der Waals surface area contributed by atoms with Crippen molar-refractivity contribution in [2.24, 2.45) is 0 Å². The zero-order chi connectivity index (χ0) is 15.9. The van der Waals surface area contributed by atoms with Gasteiger partial charge in [-0.25, -0.2) is 4.39 Å². The largest absolute Gasteiger partial charge is 0.456 e. The fourth-order valence-corrected chi connectivity index (χ4v) is 1.58. The van der Waals surface area contributed by atoms with Gasteiger partial charge in [0.2, 0.25) is 11.8 Å². The van der Waals surface area contributed by atoms with Gasteiger partial charge in [0.05, 0.1) is 6.42 Å². The summed E-state index contributed by atoms with van der Waals surface area (Å²) in [7, 11) is 0. The molecular weight excluding hydrogens is 293 g/mol. The highest BCUT2D eigenvalue weighted by molar-refractivity contribution is 5.74. The lowest BCUT2D eigenvalue weighted by Crippen LogP contribution is -2.23. The van der Waals surface area contributed by atoms with E-state index in [-0.39, 0.29) is 43.1 Å². The fourth-order valence-electron chi connectivity index (χ4n) is 1.58. The molecule has 1 N–H and O–H groups in total. The van der Waals surface area contributed by atoms with Crippen LogP contribution in [0.5, 0.6) is 0 Å². The maximum Gasteiger partial charge on any atom is 0.308 e. The van der Waals surface area contributed by atoms with Gasteiger partial charge in [-0.2, -0.15) is 0 Å². The van der Waals surface area contributed by atoms with Crippen molar-refractivity contribution in [2.75, 3.05) is 6.54 Å². The highest BCUT2D eigenvalue weighted by Crippen LogP contribution is 2.18. The number of carbonyl (C=O) groups excluding carboxylic acids is 2. The molecule has 2 rings (SSSR count). The molecule has 0 fully saturated rings. The molecule has 1 amide bonds. The summed E-state index contributed by atoms with van der Waals surface area (Å²) in [6, 6.07) is 5.57. The Morgan fingerprint density at radius 3 is 2.68 bits per heavy atom. The summed E-state index contributed by atoms with van der Waals surface area (Å²) < 4.78 is 23.1. The Labute approximate surface area is 125 Å². The maximum atomic E-state index is 12.8. The van der Waals surface area contributed by atoms with E-state index in [0.717, 1.165) is 0 Å². The Balaban J connectivity index is 1.83. The van der Waals surface area contributed by atoms with E-state index in [1.165, 1.54) is 31.2 Å². The minimum Gasteiger partial charge on any atom is -0.456 e. The van der Waals surface area contributed by atoms with Crippen LogP contribution in [-0.2, 0) is 20.9 Å². The summed E-state index contributed by atoms with van der Waals surface area (Å²) in [6.45, 7) is 1.41. The van der Waals surface area contributed by atoms with Gasteiger partial charge in [0.25, 0.3) is 5.89 Å². The monoisotopic (exact) mass is 307 g/mol. The van der Waals surface area contributed by atoms with Crippen LogP contribution in [0.1, 0.15) is 19.2 Å². The summed E-state index contributed by atoms with van der Waals surface area (Å²) in [5, 5.41) is 10.0. The number of ether oxygens (including phenoxy) is 1. The van der Waals surface area contributed by atoms with E-state index in [2.05, 4.69) is 15.5 Å². The van der Waals surface area contributed by atoms with Gasteiger partial charge in [0.1, 0.15) is 5.82 Å². The fraction of sp³-hybridized carbons (Fsp3) is 0.286. The third-order valence-corrected chi connectivity index (χ3v) is 2.62. The average molecular weight is 307 g/mol. The number of nitrogens with zero attached hydrogens (tertiary/aromatic N) is 2. The number of halogens is 1. The summed E-state index contributed by atoms with van der Waals surface area (Å²) in [6.07, 6.45) is 0.0541. The lowest BCUT2D eigenvalue weighted by Gasteiger charge is -2.02. The Morgan fingerprint density at radius 1 is 1.27 bits per heavy atom. The van der Waals surface area contributed by atoms with E-state index in [4.69, 9.17) is 9.15 Å². The second kappa shape index (κ2) is 7.30. The van der Waals surface area contributed by atoms with E-state index in [1.807, 2.05) is 0 Å². The molecule has 0 saturated carbocycles. The number of hydrogen-bond donors (Lipinski definition) is 1. The van der Waals surface area contributed by atoms with Crippen LogP contribution in [-0.4, -0.2) is 28.6 Å². The topological polar surface area (TPSA) is 94.3 Å². The number of nitrogens with one attached hydrogen (secondary N) is 1. The van der Waals surface area contributed by atoms with Crippen LogP contribution >= 0.6 is 0 Å². The van der Waals surface area contributed by atoms with Crippen molar-refractivity contribution in [1.29, 1.82) is 0 Å². The van der Waals surface area contributed by atoms with Gasteiger partial charge in [-0.3, -0.25) is 9.59 Å². The third-order valence-electron chi connectivity index (χ3n) is 2.62. The Morgan fingerprint density at radius 2 is 2.00 bits per heavy atom. The molecule has 0 spiro atoms. The van der Waals surface area contributed by atoms with Crippen LogP contribution in [0.25, 0.3) is 11.5 Å². The van der Waals surface area contributed by atoms with Crippen molar-refractivity contribution in [3.63, 3.8) is 0 Å². The number of aromatic nitrogens is 2. The molecular formula is C14H14FN3O4. The first-order valence-corrected chi connectivity index (χ1v) is 6.53. The number of benzene rings is 1. The summed E-state index contributed by atoms with van der Waals surface area (Å²) in [4.78, 5) is 22.1. The lowest BCUT2D eigenvalue weighted by atomic mass is 10.2. The minimum absolute atomic E-state index is 0.0541. The second-order valence-electron chi connectivity index (χ2n) is 4.40. The molecule has 0 saturated heterocycles. The Kier molecular flexibility index (Phi) is 5.18. The van der Waals surface area contributed by atoms with E-state index in [9.17, 15) is 14.0 Å². The van der Waals surface area contributed by atoms with Crippen molar-refractivity contribution < 1.29 is 23.1 Å². The highest BCUT2D eigenvalue weighted by Gasteiger charge is 2.11. The lowest BCUT2D eigenvalue weighted by molar-refractivity contribution is -0.145. The SMILES string of the molecule is CC(=O)NCCC(=O)OCc1nnc(-c2ccc(F)cc2)o1. The van der Waals surface area contributed by atoms with Gasteiger partial charge in [0, 0.05) is 19.0 Å². The van der Waals surface area contributed by atoms with Crippen LogP contribution in [0.4, 0.5) is 4.39 Å². The molecule has 116 valence electrons. The maximum absolute atomic E-state index is 12.8. The summed E-state index contributed by atoms with van der Waals surface area (Å²) in [5.74, 6) is -0.725. The van der Waals surface area contributed by atoms with E-state index in [1.54, 1.807) is 0 Å². The summed E-state index contributed by atoms with van der Waals surface area (Å²) in [5.41, 5.74) is 0.567. The quantitative estimate of drug-likeness (QED) is 0.812. The first-order chi connectivity index (χ1) is 10.5. The standard InChI is InChI=1S/C14H14FN3O4/c1-9(19)16-7-6-13(20)21-8-12-17-18-14(22-12)10-2-4-11(15)5-3-10/h2-5H,6-8H2,1H3,(H,16,19). The van der Waals surface area contributed by atoms with Gasteiger partial charge < -0.3 is 14.5 Å². The van der Waals surface area contributed by atoms with Gasteiger partial charge in [-0.15, -0.1) is 10.2 Å². The van der Waals surface area contributed by atoms with Crippen LogP contribution in [0.15, 0.2) is 28.7 Å². The molecule has 0 radical (unpaired) electrons. The van der Waals surface area contributed by atoms with Crippen molar-refractivity contribution in [3.05, 3.63) is 36.0 Å². The third kappa shape index (κ3) is 4.65. The molecule has 8 heteroatoms. The zero-order valence-corrected chi connectivity index (χ0v) is 11.8. The average Bonchev–Trinajstić information content (AvgIpc) is 2.94. The Bertz CT molecular complexity index is 654. The minimum atomic E-state index is -0.490. The number of hydrogen-bond acceptors (Lipinski definition) is 6. The van der Waals surface area contributed by atoms with Gasteiger partial charge >= 0.3 is 5.97 Å². The second-order valence-corrected chi connectivity index (χ2v) is 4.40. The van der Waals surface area contributed by atoms with Gasteiger partial charge in [-0.1, -0.05) is 0 Å². The Hall–Kier alpha value is -2.77. The number of carbonyl (C=O) groups is 2. The van der Waals surface area contributed by atoms with E-state index in [0.29, 0.717) is 5.56 Å². The normalized spacial score (nSPS) is 10.3. The predicted molar refractivity (Wildman–Crippen MR) is 72.8 cm³/mol. The van der Waals surface area contributed by atoms with Crippen LogP contribution < -0.4 is 5.32 Å². The molecule has 0 aliphatic carbocycles. The van der Waals surface area contributed by atoms with Crippen molar-refractivity contribution in [1.82, 2.24) is 15.5 Å². The molecule has 22 heavy (non-hydrogen) atoms. The molecule has 0 bridgehead atoms. The molecule has 0 aliphatic heterocycles. The van der Waals surface area contributed by atoms with Crippen molar-refractivity contribution in [2.45, 2.75) is 20.0 Å². The van der Waals surface area contributed by atoms with Crippen LogP contribution in [0.3, 0.4) is 0 Å². The molecule has 7 nitrogen and oxygen atoms in total. The van der Waals surface area contributed by atoms with Gasteiger partial charge in [-0.05, 0) is 24.3 Å². The first-order valence-electron chi connectivity index (χ1n) is 6.53. The van der Waals surface area contributed by atoms with E-state index < -0.39 is 5.97 Å². The summed E-state index contributed by atoms with van der Waals surface area (Å²) >= 11 is 0. The first kappa shape index (κ1) is 15.6. The molecule has 0 atom stereocenters. The number of amides is 1. The van der Waals surface area contributed by atoms with Gasteiger partial charge in [0.15, 0.2) is 6.61 Å². The van der Waals surface area contributed by atoms with Crippen molar-refractivity contribution >= 4 is 11.9 Å². The zero-order valence-electron chi connectivity index (χ0n) is 11.8. The molecule has 0 aliphatic rings. The predicted octanol–water partition coefficient (Wildman–Crippen LogP) is 1.45. The van der Waals surface area contributed by atoms with Crippen molar-refractivity contribution in [3.8, 4) is 11.5 Å². The highest BCUT2D eigenvalue weighted by atomic mass is 19.1. The number of rotatable bonds is 6. The van der Waals surface area contributed by atoms with E-state index >= 15 is 0 Å². The molecule has 2 aromatic rings. The van der Waals surface area contributed by atoms with Crippen LogP contribution in [0.2, 0.25) is 0 Å². The smallest absolute Gasteiger partial charge is 0.308 e. The molecule has 1 heterocycles. The molecule has 0 unspecified atom stereocenters. The molecule has 1 aromatic heterocycles. The molecule has 1 aromatic carbocycles. The number of esters is 1. The van der Waals surface area contributed by atoms with Crippen LogP contribution in [0, 0.1) is 5.82 Å².